The van der Waals surface area contributed by atoms with Crippen molar-refractivity contribution in [2.75, 3.05) is 19.7 Å². The van der Waals surface area contributed by atoms with Crippen LogP contribution in [0, 0.1) is 11.8 Å². The van der Waals surface area contributed by atoms with Gasteiger partial charge < -0.3 is 29.7 Å². The number of carbonyl (C=O) groups excluding carboxylic acids is 4. The molecule has 4 aliphatic rings. The third-order valence-corrected chi connectivity index (χ3v) is 9.29. The van der Waals surface area contributed by atoms with Crippen molar-refractivity contribution in [1.82, 2.24) is 15.1 Å². The van der Waals surface area contributed by atoms with Gasteiger partial charge in [-0.2, -0.15) is 0 Å². The first-order chi connectivity index (χ1) is 20.1. The molecule has 4 heterocycles. The quantitative estimate of drug-likeness (QED) is 0.372. The van der Waals surface area contributed by atoms with Crippen LogP contribution in [0.4, 0.5) is 0 Å². The molecule has 0 unspecified atom stereocenters. The Balaban J connectivity index is 1.61. The van der Waals surface area contributed by atoms with E-state index >= 15 is 0 Å². The second kappa shape index (κ2) is 12.3. The summed E-state index contributed by atoms with van der Waals surface area (Å²) in [6, 6.07) is 7.40. The number of cyclic esters (lactones) is 1. The maximum atomic E-state index is 14.6. The highest BCUT2D eigenvalue weighted by Crippen LogP contribution is 2.59. The lowest BCUT2D eigenvalue weighted by Crippen LogP contribution is -2.59. The maximum Gasteiger partial charge on any atom is 0.313 e. The van der Waals surface area contributed by atoms with Gasteiger partial charge in [0.2, 0.25) is 17.7 Å². The van der Waals surface area contributed by atoms with Gasteiger partial charge in [-0.3, -0.25) is 19.2 Å². The van der Waals surface area contributed by atoms with E-state index in [4.69, 9.17) is 9.47 Å². The van der Waals surface area contributed by atoms with Crippen molar-refractivity contribution in [1.29, 1.82) is 0 Å². The monoisotopic (exact) mass is 643 g/mol. The molecule has 1 aromatic carbocycles. The first kappa shape index (κ1) is 30.4. The van der Waals surface area contributed by atoms with Crippen LogP contribution in [0.1, 0.15) is 39.2 Å². The van der Waals surface area contributed by atoms with E-state index in [0.717, 1.165) is 5.56 Å². The smallest absolute Gasteiger partial charge is 0.313 e. The molecule has 2 N–H and O–H groups in total. The van der Waals surface area contributed by atoms with Crippen molar-refractivity contribution >= 4 is 39.6 Å². The number of benzene rings is 1. The second-order valence-electron chi connectivity index (χ2n) is 11.7. The first-order valence-corrected chi connectivity index (χ1v) is 15.3. The van der Waals surface area contributed by atoms with Gasteiger partial charge in [0.1, 0.15) is 29.8 Å². The van der Waals surface area contributed by atoms with Gasteiger partial charge in [-0.25, -0.2) is 0 Å². The van der Waals surface area contributed by atoms with Crippen molar-refractivity contribution < 1.29 is 33.8 Å². The second-order valence-corrected chi connectivity index (χ2v) is 12.7. The number of amides is 3. The number of ether oxygens (including phenoxy) is 2. The van der Waals surface area contributed by atoms with E-state index in [1.54, 1.807) is 17.9 Å². The molecule has 0 aliphatic carbocycles. The topological polar surface area (TPSA) is 125 Å². The number of aliphatic hydroxyl groups is 1. The predicted octanol–water partition coefficient (Wildman–Crippen LogP) is 2.10. The largest absolute Gasteiger partial charge is 0.460 e. The summed E-state index contributed by atoms with van der Waals surface area (Å²) in [6.45, 7) is 5.48. The summed E-state index contributed by atoms with van der Waals surface area (Å²) in [4.78, 5) is 58.2. The summed E-state index contributed by atoms with van der Waals surface area (Å²) in [5.41, 5.74) is -0.523. The van der Waals surface area contributed by atoms with E-state index in [1.165, 1.54) is 4.90 Å². The van der Waals surface area contributed by atoms with Crippen LogP contribution in [0.3, 0.4) is 0 Å². The number of aliphatic hydroxyl groups excluding tert-OH is 1. The number of likely N-dealkylation sites (tertiary alicyclic amines) is 1. The van der Waals surface area contributed by atoms with Gasteiger partial charge in [-0.15, -0.1) is 0 Å². The van der Waals surface area contributed by atoms with Crippen molar-refractivity contribution in [3.8, 4) is 0 Å². The lowest BCUT2D eigenvalue weighted by atomic mass is 9.74. The molecule has 1 spiro atoms. The highest BCUT2D eigenvalue weighted by molar-refractivity contribution is 9.11. The first-order valence-electron chi connectivity index (χ1n) is 14.5. The lowest BCUT2D eigenvalue weighted by Gasteiger charge is -2.40. The summed E-state index contributed by atoms with van der Waals surface area (Å²) >= 11 is 3.55. The molecule has 42 heavy (non-hydrogen) atoms. The molecule has 5 rings (SSSR count). The maximum absolute atomic E-state index is 14.6. The molecule has 2 fully saturated rings. The highest BCUT2D eigenvalue weighted by Gasteiger charge is 2.75. The van der Waals surface area contributed by atoms with Gasteiger partial charge in [0.15, 0.2) is 0 Å². The number of fused-ring (bicyclic) bond motifs is 2. The number of rotatable bonds is 5. The Bertz CT molecular complexity index is 1280. The van der Waals surface area contributed by atoms with Crippen LogP contribution in [0.25, 0.3) is 0 Å². The summed E-state index contributed by atoms with van der Waals surface area (Å²) in [5, 5.41) is 13.4. The number of hydrogen-bond acceptors (Lipinski definition) is 7. The van der Waals surface area contributed by atoms with Crippen LogP contribution in [0.15, 0.2) is 53.0 Å². The Hall–Kier alpha value is -3.02. The summed E-state index contributed by atoms with van der Waals surface area (Å²) < 4.78 is 12.8. The van der Waals surface area contributed by atoms with Gasteiger partial charge in [-0.1, -0.05) is 58.4 Å². The van der Waals surface area contributed by atoms with E-state index in [2.05, 4.69) is 21.2 Å². The molecular weight excluding hydrogens is 606 g/mol. The van der Waals surface area contributed by atoms with Crippen LogP contribution >= 0.6 is 15.9 Å². The zero-order chi connectivity index (χ0) is 30.2. The number of nitrogens with zero attached hydrogens (tertiary/aromatic N) is 2. The van der Waals surface area contributed by atoms with Crippen LogP contribution < -0.4 is 5.32 Å². The molecule has 2 saturated heterocycles. The van der Waals surface area contributed by atoms with Crippen molar-refractivity contribution in [2.24, 2.45) is 11.8 Å². The Morgan fingerprint density at radius 1 is 1.12 bits per heavy atom. The molecule has 1 aromatic rings. The number of hydrogen-bond donors (Lipinski definition) is 2. The van der Waals surface area contributed by atoms with Crippen LogP contribution in [0.5, 0.6) is 0 Å². The molecule has 226 valence electrons. The van der Waals surface area contributed by atoms with Crippen LogP contribution in [0.2, 0.25) is 0 Å². The highest BCUT2D eigenvalue weighted by atomic mass is 79.9. The molecule has 4 aliphatic heterocycles. The van der Waals surface area contributed by atoms with Crippen molar-refractivity contribution in [3.05, 3.63) is 58.6 Å². The number of carbonyl (C=O) groups is 4. The molecule has 0 radical (unpaired) electrons. The van der Waals surface area contributed by atoms with E-state index < -0.39 is 53.6 Å². The molecule has 7 atom stereocenters. The zero-order valence-electron chi connectivity index (χ0n) is 24.1. The SMILES string of the molecule is CC(C)N1C/C=C\CCC(=O)NC[C@@H](C)OC(=O)[C@@H]2[C@H]3O[C@@]4(C=C3Br)[C@H](C1=O)N([C@@H](CO)Cc1ccccc1)C(=O)[C@@H]24. The number of esters is 1. The number of allylic oxidation sites excluding steroid dienone is 1. The van der Waals surface area contributed by atoms with E-state index in [0.29, 0.717) is 17.3 Å². The van der Waals surface area contributed by atoms with E-state index in [1.807, 2.05) is 56.3 Å². The zero-order valence-corrected chi connectivity index (χ0v) is 25.7. The van der Waals surface area contributed by atoms with Gasteiger partial charge in [0, 0.05) is 23.5 Å². The minimum Gasteiger partial charge on any atom is -0.460 e. The summed E-state index contributed by atoms with van der Waals surface area (Å²) in [7, 11) is 0. The van der Waals surface area contributed by atoms with Crippen LogP contribution in [-0.2, 0) is 35.1 Å². The average Bonchev–Trinajstić information content (AvgIpc) is 3.55. The normalized spacial score (nSPS) is 33.4. The van der Waals surface area contributed by atoms with Gasteiger partial charge >= 0.3 is 5.97 Å². The fourth-order valence-corrected chi connectivity index (χ4v) is 7.37. The van der Waals surface area contributed by atoms with E-state index in [-0.39, 0.29) is 44.0 Å². The molecule has 11 heteroatoms. The third kappa shape index (κ3) is 5.42. The van der Waals surface area contributed by atoms with Crippen molar-refractivity contribution in [2.45, 2.75) is 76.0 Å². The van der Waals surface area contributed by atoms with Gasteiger partial charge in [-0.05, 0) is 45.3 Å². The Morgan fingerprint density at radius 3 is 2.55 bits per heavy atom. The predicted molar refractivity (Wildman–Crippen MR) is 157 cm³/mol. The molecule has 5 bridgehead atoms. The minimum absolute atomic E-state index is 0.130. The van der Waals surface area contributed by atoms with Gasteiger partial charge in [0.25, 0.3) is 0 Å². The lowest BCUT2D eigenvalue weighted by molar-refractivity contribution is -0.159. The van der Waals surface area contributed by atoms with Gasteiger partial charge in [0.05, 0.1) is 25.1 Å². The number of halogens is 1. The standard InChI is InChI=1S/C31H38BrN3O7/c1-18(2)34-13-9-5-8-12-23(37)33-16-19(3)41-30(40)24-25-28(38)35(21(17-36)14-20-10-6-4-7-11-20)27(29(34)39)31(25)15-22(32)26(24)42-31/h4-7,9-11,15,18-19,21,24-27,36H,8,12-14,16-17H2,1-3H3,(H,33,37)/b9-5-/t19-,21-,24+,25-,26+,27+,31-/m1/s1. The minimum atomic E-state index is -1.42. The molecular formula is C31H38BrN3O7. The fraction of sp³-hybridized carbons (Fsp3) is 0.548. The molecule has 10 nitrogen and oxygen atoms in total. The molecule has 0 saturated carbocycles. The van der Waals surface area contributed by atoms with Crippen molar-refractivity contribution in [3.63, 3.8) is 0 Å². The summed E-state index contributed by atoms with van der Waals surface area (Å²) in [6.07, 6.45) is 5.09. The fourth-order valence-electron chi connectivity index (χ4n) is 6.63. The molecule has 3 amide bonds. The number of nitrogens with one attached hydrogen (secondary N) is 1. The van der Waals surface area contributed by atoms with Crippen LogP contribution in [-0.4, -0.2) is 94.2 Å². The average molecular weight is 645 g/mol. The van der Waals surface area contributed by atoms with E-state index in [9.17, 15) is 24.3 Å². The Kier molecular flexibility index (Phi) is 8.91. The summed E-state index contributed by atoms with van der Waals surface area (Å²) in [5.74, 6) is -3.58. The Morgan fingerprint density at radius 2 is 1.86 bits per heavy atom. The third-order valence-electron chi connectivity index (χ3n) is 8.61. The molecule has 0 aromatic heterocycles. The Labute approximate surface area is 254 Å².